The minimum absolute atomic E-state index is 0.154. The number of hydrogen-bond acceptors (Lipinski definition) is 3. The van der Waals surface area contributed by atoms with Gasteiger partial charge in [-0.15, -0.1) is 0 Å². The molecule has 17 heavy (non-hydrogen) atoms. The highest BCUT2D eigenvalue weighted by Crippen LogP contribution is 2.30. The maximum absolute atomic E-state index is 11.2. The van der Waals surface area contributed by atoms with E-state index in [4.69, 9.17) is 4.43 Å². The summed E-state index contributed by atoms with van der Waals surface area (Å²) < 4.78 is 11.1. The first-order chi connectivity index (χ1) is 7.84. The molecule has 0 N–H and O–H groups in total. The summed E-state index contributed by atoms with van der Waals surface area (Å²) in [6, 6.07) is 3.42. The number of methoxy groups -OCH3 is 1. The van der Waals surface area contributed by atoms with Crippen LogP contribution in [0, 0.1) is 0 Å². The molecule has 3 nitrogen and oxygen atoms in total. The van der Waals surface area contributed by atoms with Crippen LogP contribution in [0.1, 0.15) is 47.5 Å². The predicted octanol–water partition coefficient (Wildman–Crippen LogP) is 3.74. The van der Waals surface area contributed by atoms with Gasteiger partial charge in [0.2, 0.25) is 0 Å². The molecule has 0 saturated carbocycles. The van der Waals surface area contributed by atoms with Gasteiger partial charge in [-0.2, -0.15) is 0 Å². The van der Waals surface area contributed by atoms with E-state index < -0.39 is 8.32 Å². The second-order valence-electron chi connectivity index (χ2n) is 5.18. The van der Waals surface area contributed by atoms with Gasteiger partial charge < -0.3 is 9.16 Å². The number of rotatable bonds is 8. The summed E-state index contributed by atoms with van der Waals surface area (Å²) in [5.74, 6) is -0.154. The first-order valence-corrected chi connectivity index (χ1v) is 9.14. The van der Waals surface area contributed by atoms with Crippen molar-refractivity contribution in [3.05, 3.63) is 0 Å². The summed E-state index contributed by atoms with van der Waals surface area (Å²) in [6.07, 6.45) is 1.17. The third kappa shape index (κ3) is 5.68. The molecule has 0 fully saturated rings. The molecular weight excluding hydrogens is 232 g/mol. The van der Waals surface area contributed by atoms with Gasteiger partial charge in [-0.25, -0.2) is 0 Å². The third-order valence-electron chi connectivity index (χ3n) is 3.58. The van der Waals surface area contributed by atoms with Gasteiger partial charge in [0, 0.05) is 6.42 Å². The Morgan fingerprint density at radius 1 is 1.12 bits per heavy atom. The lowest BCUT2D eigenvalue weighted by atomic mass is 10.0. The van der Waals surface area contributed by atoms with Crippen LogP contribution in [0.2, 0.25) is 18.1 Å². The lowest BCUT2D eigenvalue weighted by Gasteiger charge is -2.38. The van der Waals surface area contributed by atoms with Gasteiger partial charge in [0.25, 0.3) is 0 Å². The number of carbonyl (C=O) groups excluding carboxylic acids is 1. The summed E-state index contributed by atoms with van der Waals surface area (Å²) in [6.45, 7) is 10.8. The van der Waals surface area contributed by atoms with Gasteiger partial charge in [-0.05, 0) is 38.4 Å². The highest BCUT2D eigenvalue weighted by molar-refractivity contribution is 6.73. The molecule has 0 unspecified atom stereocenters. The zero-order valence-electron chi connectivity index (χ0n) is 12.3. The fourth-order valence-electron chi connectivity index (χ4n) is 2.11. The van der Waals surface area contributed by atoms with Crippen LogP contribution in [0.5, 0.6) is 0 Å². The van der Waals surface area contributed by atoms with E-state index >= 15 is 0 Å². The summed E-state index contributed by atoms with van der Waals surface area (Å²) in [5.41, 5.74) is -0.220. The van der Waals surface area contributed by atoms with Gasteiger partial charge in [0.1, 0.15) is 0 Å². The second kappa shape index (κ2) is 7.16. The Labute approximate surface area is 107 Å². The fraction of sp³-hybridized carbons (Fsp3) is 0.923. The van der Waals surface area contributed by atoms with E-state index in [1.165, 1.54) is 7.11 Å². The standard InChI is InChI=1S/C13H28O3Si/c1-7-17(8-2,9-3)16-13(4,5)11-10-12(14)15-6/h7-11H2,1-6H3. The molecule has 0 aliphatic carbocycles. The van der Waals surface area contributed by atoms with E-state index in [0.29, 0.717) is 6.42 Å². The first-order valence-electron chi connectivity index (χ1n) is 6.61. The van der Waals surface area contributed by atoms with Gasteiger partial charge in [-0.3, -0.25) is 4.79 Å². The van der Waals surface area contributed by atoms with Crippen molar-refractivity contribution in [3.8, 4) is 0 Å². The third-order valence-corrected chi connectivity index (χ3v) is 8.44. The Morgan fingerprint density at radius 2 is 1.59 bits per heavy atom. The smallest absolute Gasteiger partial charge is 0.305 e. The quantitative estimate of drug-likeness (QED) is 0.492. The molecular formula is C13H28O3Si. The van der Waals surface area contributed by atoms with Gasteiger partial charge in [0.05, 0.1) is 12.7 Å². The van der Waals surface area contributed by atoms with E-state index in [1.807, 2.05) is 0 Å². The topological polar surface area (TPSA) is 35.5 Å². The zero-order valence-corrected chi connectivity index (χ0v) is 13.3. The Bertz CT molecular complexity index is 227. The summed E-state index contributed by atoms with van der Waals surface area (Å²) >= 11 is 0. The van der Waals surface area contributed by atoms with Crippen molar-refractivity contribution in [1.29, 1.82) is 0 Å². The van der Waals surface area contributed by atoms with Crippen molar-refractivity contribution in [3.63, 3.8) is 0 Å². The Morgan fingerprint density at radius 3 is 1.94 bits per heavy atom. The molecule has 0 aliphatic heterocycles. The van der Waals surface area contributed by atoms with Crippen molar-refractivity contribution in [2.75, 3.05) is 7.11 Å². The van der Waals surface area contributed by atoms with E-state index in [-0.39, 0.29) is 11.6 Å². The summed E-state index contributed by atoms with van der Waals surface area (Å²) in [4.78, 5) is 11.2. The van der Waals surface area contributed by atoms with E-state index in [0.717, 1.165) is 24.6 Å². The van der Waals surface area contributed by atoms with Gasteiger partial charge >= 0.3 is 5.97 Å². The van der Waals surface area contributed by atoms with E-state index in [2.05, 4.69) is 39.4 Å². The maximum atomic E-state index is 11.2. The van der Waals surface area contributed by atoms with Crippen LogP contribution in [-0.2, 0) is 14.0 Å². The lowest BCUT2D eigenvalue weighted by molar-refractivity contribution is -0.141. The molecule has 0 radical (unpaired) electrons. The van der Waals surface area contributed by atoms with Crippen molar-refractivity contribution in [1.82, 2.24) is 0 Å². The molecule has 0 aromatic heterocycles. The number of ether oxygens (including phenoxy) is 1. The number of hydrogen-bond donors (Lipinski definition) is 0. The predicted molar refractivity (Wildman–Crippen MR) is 73.6 cm³/mol. The highest BCUT2D eigenvalue weighted by atomic mass is 28.4. The number of carbonyl (C=O) groups is 1. The summed E-state index contributed by atoms with van der Waals surface area (Å²) in [5, 5.41) is 0. The van der Waals surface area contributed by atoms with Crippen LogP contribution >= 0.6 is 0 Å². The maximum Gasteiger partial charge on any atom is 0.305 e. The molecule has 0 aromatic carbocycles. The van der Waals surface area contributed by atoms with Crippen molar-refractivity contribution in [2.24, 2.45) is 0 Å². The molecule has 0 bridgehead atoms. The van der Waals surface area contributed by atoms with Crippen LogP contribution in [0.15, 0.2) is 0 Å². The fourth-order valence-corrected chi connectivity index (χ4v) is 5.32. The molecule has 0 heterocycles. The average molecular weight is 260 g/mol. The molecule has 0 amide bonds. The monoisotopic (exact) mass is 260 g/mol. The van der Waals surface area contributed by atoms with Crippen molar-refractivity contribution >= 4 is 14.3 Å². The molecule has 4 heteroatoms. The van der Waals surface area contributed by atoms with Gasteiger partial charge in [0.15, 0.2) is 8.32 Å². The first kappa shape index (κ1) is 16.6. The number of esters is 1. The highest BCUT2D eigenvalue weighted by Gasteiger charge is 2.35. The zero-order chi connectivity index (χ0) is 13.5. The Hall–Kier alpha value is -0.353. The Kier molecular flexibility index (Phi) is 7.01. The van der Waals surface area contributed by atoms with E-state index in [1.54, 1.807) is 0 Å². The Balaban J connectivity index is 4.44. The molecule has 0 rings (SSSR count). The SMILES string of the molecule is CC[Si](CC)(CC)OC(C)(C)CCC(=O)OC. The average Bonchev–Trinajstić information content (AvgIpc) is 2.33. The van der Waals surface area contributed by atoms with Crippen molar-refractivity contribution in [2.45, 2.75) is 71.2 Å². The van der Waals surface area contributed by atoms with Crippen molar-refractivity contribution < 1.29 is 14.0 Å². The minimum Gasteiger partial charge on any atom is -0.469 e. The van der Waals surface area contributed by atoms with Crippen LogP contribution in [0.25, 0.3) is 0 Å². The summed E-state index contributed by atoms with van der Waals surface area (Å²) in [7, 11) is -0.157. The molecule has 0 atom stereocenters. The minimum atomic E-state index is -1.59. The molecule has 102 valence electrons. The lowest BCUT2D eigenvalue weighted by Crippen LogP contribution is -2.44. The molecule has 0 saturated heterocycles. The van der Waals surface area contributed by atoms with Crippen LogP contribution in [0.3, 0.4) is 0 Å². The second-order valence-corrected chi connectivity index (χ2v) is 9.87. The molecule has 0 aliphatic rings. The van der Waals surface area contributed by atoms with Gasteiger partial charge in [-0.1, -0.05) is 20.8 Å². The van der Waals surface area contributed by atoms with Crippen LogP contribution in [0.4, 0.5) is 0 Å². The van der Waals surface area contributed by atoms with Crippen LogP contribution < -0.4 is 0 Å². The molecule has 0 aromatic rings. The van der Waals surface area contributed by atoms with E-state index in [9.17, 15) is 4.79 Å². The van der Waals surface area contributed by atoms with Crippen LogP contribution in [-0.4, -0.2) is 27.0 Å². The molecule has 0 spiro atoms. The normalized spacial score (nSPS) is 12.6. The largest absolute Gasteiger partial charge is 0.469 e.